The molecule has 0 bridgehead atoms. The number of benzene rings is 1. The van der Waals surface area contributed by atoms with Gasteiger partial charge in [0.1, 0.15) is 11.7 Å². The van der Waals surface area contributed by atoms with E-state index in [-0.39, 0.29) is 17.1 Å². The molecule has 0 amide bonds. The normalized spacial score (nSPS) is 11.7. The summed E-state index contributed by atoms with van der Waals surface area (Å²) < 4.78 is 4.94. The summed E-state index contributed by atoms with van der Waals surface area (Å²) in [5.74, 6) is -0.935. The summed E-state index contributed by atoms with van der Waals surface area (Å²) in [5.41, 5.74) is -0.101. The molecule has 2 N–H and O–H groups in total. The third-order valence-electron chi connectivity index (χ3n) is 2.88. The molecule has 0 aliphatic rings. The second kappa shape index (κ2) is 7.32. The minimum Gasteiger partial charge on any atom is -0.490 e. The van der Waals surface area contributed by atoms with Gasteiger partial charge in [-0.15, -0.1) is 0 Å². The van der Waals surface area contributed by atoms with Crippen LogP contribution < -0.4 is 10.1 Å². The first-order valence-electron chi connectivity index (χ1n) is 6.32. The molecule has 0 fully saturated rings. The van der Waals surface area contributed by atoms with Crippen LogP contribution in [0.4, 0.5) is 11.4 Å². The highest BCUT2D eigenvalue weighted by Gasteiger charge is 2.24. The van der Waals surface area contributed by atoms with E-state index in [1.807, 2.05) is 6.92 Å². The fraction of sp³-hybridized carbons (Fsp3) is 0.462. The molecule has 1 rings (SSSR count). The molecule has 20 heavy (non-hydrogen) atoms. The van der Waals surface area contributed by atoms with Crippen LogP contribution in [0.15, 0.2) is 18.2 Å². The van der Waals surface area contributed by atoms with Crippen molar-refractivity contribution in [1.29, 1.82) is 0 Å². The predicted molar refractivity (Wildman–Crippen MR) is 74.2 cm³/mol. The fourth-order valence-corrected chi connectivity index (χ4v) is 1.85. The Bertz CT molecular complexity index is 490. The monoisotopic (exact) mass is 282 g/mol. The molecule has 0 aliphatic heterocycles. The van der Waals surface area contributed by atoms with Crippen molar-refractivity contribution < 1.29 is 19.6 Å². The number of carbonyl (C=O) groups is 1. The van der Waals surface area contributed by atoms with Crippen LogP contribution in [0.2, 0.25) is 0 Å². The number of hydrogen-bond acceptors (Lipinski definition) is 5. The average molecular weight is 282 g/mol. The van der Waals surface area contributed by atoms with Crippen molar-refractivity contribution in [3.8, 4) is 5.75 Å². The molecule has 0 aliphatic carbocycles. The molecule has 0 radical (unpaired) electrons. The van der Waals surface area contributed by atoms with Crippen LogP contribution in [0.1, 0.15) is 26.2 Å². The summed E-state index contributed by atoms with van der Waals surface area (Å²) in [6, 6.07) is 3.65. The van der Waals surface area contributed by atoms with Crippen LogP contribution in [0.5, 0.6) is 5.75 Å². The second-order valence-corrected chi connectivity index (χ2v) is 4.29. The van der Waals surface area contributed by atoms with Gasteiger partial charge in [-0.25, -0.2) is 4.79 Å². The lowest BCUT2D eigenvalue weighted by Gasteiger charge is -2.16. The first kappa shape index (κ1) is 15.7. The van der Waals surface area contributed by atoms with Gasteiger partial charge in [0.05, 0.1) is 12.0 Å². The molecule has 7 heteroatoms. The summed E-state index contributed by atoms with van der Waals surface area (Å²) in [6.07, 6.45) is 1.98. The van der Waals surface area contributed by atoms with E-state index < -0.39 is 16.9 Å². The van der Waals surface area contributed by atoms with Crippen LogP contribution in [0.3, 0.4) is 0 Å². The Morgan fingerprint density at radius 3 is 2.75 bits per heavy atom. The van der Waals surface area contributed by atoms with E-state index in [0.29, 0.717) is 6.42 Å². The highest BCUT2D eigenvalue weighted by molar-refractivity contribution is 5.80. The van der Waals surface area contributed by atoms with E-state index >= 15 is 0 Å². The number of aliphatic carboxylic acids is 1. The standard InChI is InChI=1S/C13H18N2O5/c1-3-4-6-10(13(16)17)14-9-7-5-8-11(20-2)12(9)15(18)19/h5,7-8,10,14H,3-4,6H2,1-2H3,(H,16,17). The van der Waals surface area contributed by atoms with Crippen molar-refractivity contribution in [3.05, 3.63) is 28.3 Å². The lowest BCUT2D eigenvalue weighted by molar-refractivity contribution is -0.384. The Hall–Kier alpha value is -2.31. The van der Waals surface area contributed by atoms with Crippen molar-refractivity contribution >= 4 is 17.3 Å². The van der Waals surface area contributed by atoms with Gasteiger partial charge >= 0.3 is 11.7 Å². The number of rotatable bonds is 8. The maximum atomic E-state index is 11.2. The number of methoxy groups -OCH3 is 1. The van der Waals surface area contributed by atoms with Gasteiger partial charge in [-0.05, 0) is 18.6 Å². The van der Waals surface area contributed by atoms with Crippen LogP contribution in [-0.4, -0.2) is 29.2 Å². The summed E-state index contributed by atoms with van der Waals surface area (Å²) in [5, 5.41) is 23.0. The lowest BCUT2D eigenvalue weighted by Crippen LogP contribution is -2.29. The van der Waals surface area contributed by atoms with Crippen LogP contribution >= 0.6 is 0 Å². The number of ether oxygens (including phenoxy) is 1. The summed E-state index contributed by atoms with van der Waals surface area (Å²) >= 11 is 0. The van der Waals surface area contributed by atoms with Gasteiger partial charge in [-0.3, -0.25) is 10.1 Å². The van der Waals surface area contributed by atoms with E-state index in [4.69, 9.17) is 9.84 Å². The summed E-state index contributed by atoms with van der Waals surface area (Å²) in [6.45, 7) is 1.95. The van der Waals surface area contributed by atoms with Crippen molar-refractivity contribution in [1.82, 2.24) is 0 Å². The molecule has 0 aromatic heterocycles. The number of para-hydroxylation sites is 1. The minimum atomic E-state index is -1.03. The topological polar surface area (TPSA) is 102 Å². The minimum absolute atomic E-state index is 0.0969. The number of hydrogen-bond donors (Lipinski definition) is 2. The lowest BCUT2D eigenvalue weighted by atomic mass is 10.1. The van der Waals surface area contributed by atoms with Crippen LogP contribution in [0.25, 0.3) is 0 Å². The van der Waals surface area contributed by atoms with E-state index in [9.17, 15) is 14.9 Å². The largest absolute Gasteiger partial charge is 0.490 e. The van der Waals surface area contributed by atoms with Crippen LogP contribution in [0, 0.1) is 10.1 Å². The number of carboxylic acid groups (broad SMARTS) is 1. The Morgan fingerprint density at radius 1 is 1.55 bits per heavy atom. The molecular formula is C13H18N2O5. The SMILES string of the molecule is CCCCC(Nc1cccc(OC)c1[N+](=O)[O-])C(=O)O. The van der Waals surface area contributed by atoms with Crippen molar-refractivity contribution in [2.75, 3.05) is 12.4 Å². The third kappa shape index (κ3) is 3.84. The predicted octanol–water partition coefficient (Wildman–Crippen LogP) is 2.66. The quantitative estimate of drug-likeness (QED) is 0.561. The van der Waals surface area contributed by atoms with Crippen molar-refractivity contribution in [2.24, 2.45) is 0 Å². The highest BCUT2D eigenvalue weighted by Crippen LogP contribution is 2.35. The van der Waals surface area contributed by atoms with Gasteiger partial charge in [-0.2, -0.15) is 0 Å². The van der Waals surface area contributed by atoms with Gasteiger partial charge < -0.3 is 15.2 Å². The zero-order valence-corrected chi connectivity index (χ0v) is 11.5. The molecule has 1 atom stereocenters. The Labute approximate surface area is 116 Å². The van der Waals surface area contributed by atoms with E-state index in [2.05, 4.69) is 5.32 Å². The van der Waals surface area contributed by atoms with Gasteiger partial charge in [0, 0.05) is 0 Å². The second-order valence-electron chi connectivity index (χ2n) is 4.29. The molecule has 0 heterocycles. The number of anilines is 1. The molecule has 1 aromatic rings. The maximum Gasteiger partial charge on any atom is 0.333 e. The molecule has 1 aromatic carbocycles. The van der Waals surface area contributed by atoms with E-state index in [0.717, 1.165) is 12.8 Å². The Morgan fingerprint density at radius 2 is 2.25 bits per heavy atom. The first-order valence-corrected chi connectivity index (χ1v) is 6.32. The molecule has 0 saturated heterocycles. The molecule has 1 unspecified atom stereocenters. The summed E-state index contributed by atoms with van der Waals surface area (Å²) in [7, 11) is 1.33. The molecule has 110 valence electrons. The number of nitrogens with one attached hydrogen (secondary N) is 1. The number of nitrogens with zero attached hydrogens (tertiary/aromatic N) is 1. The fourth-order valence-electron chi connectivity index (χ4n) is 1.85. The smallest absolute Gasteiger partial charge is 0.333 e. The highest BCUT2D eigenvalue weighted by atomic mass is 16.6. The number of carboxylic acids is 1. The number of nitro groups is 1. The van der Waals surface area contributed by atoms with Crippen molar-refractivity contribution in [2.45, 2.75) is 32.2 Å². The Balaban J connectivity index is 3.05. The Kier molecular flexibility index (Phi) is 5.76. The zero-order chi connectivity index (χ0) is 15.1. The van der Waals surface area contributed by atoms with Gasteiger partial charge in [-0.1, -0.05) is 25.8 Å². The molecular weight excluding hydrogens is 264 g/mol. The molecule has 7 nitrogen and oxygen atoms in total. The molecule has 0 spiro atoms. The van der Waals surface area contributed by atoms with Crippen molar-refractivity contribution in [3.63, 3.8) is 0 Å². The molecule has 0 saturated carbocycles. The average Bonchev–Trinajstić information content (AvgIpc) is 2.42. The van der Waals surface area contributed by atoms with Gasteiger partial charge in [0.2, 0.25) is 0 Å². The number of nitro benzene ring substituents is 1. The van der Waals surface area contributed by atoms with E-state index in [1.165, 1.54) is 19.2 Å². The zero-order valence-electron chi connectivity index (χ0n) is 11.5. The number of unbranched alkanes of at least 4 members (excludes halogenated alkanes) is 1. The first-order chi connectivity index (χ1) is 9.51. The maximum absolute atomic E-state index is 11.2. The summed E-state index contributed by atoms with van der Waals surface area (Å²) in [4.78, 5) is 21.7. The third-order valence-corrected chi connectivity index (χ3v) is 2.88. The van der Waals surface area contributed by atoms with Gasteiger partial charge in [0.15, 0.2) is 5.75 Å². The van der Waals surface area contributed by atoms with Gasteiger partial charge in [0.25, 0.3) is 0 Å². The van der Waals surface area contributed by atoms with E-state index in [1.54, 1.807) is 6.07 Å². The van der Waals surface area contributed by atoms with Crippen LogP contribution in [-0.2, 0) is 4.79 Å².